The predicted octanol–water partition coefficient (Wildman–Crippen LogP) is 4.03. The molecule has 2 amide bonds. The Labute approximate surface area is 146 Å². The van der Waals surface area contributed by atoms with Crippen LogP contribution in [-0.2, 0) is 0 Å². The van der Waals surface area contributed by atoms with Gasteiger partial charge in [0.25, 0.3) is 0 Å². The third-order valence-electron chi connectivity index (χ3n) is 3.36. The summed E-state index contributed by atoms with van der Waals surface area (Å²) in [4.78, 5) is 11.8. The Hall–Kier alpha value is -2.71. The van der Waals surface area contributed by atoms with Gasteiger partial charge in [-0.25, -0.2) is 4.79 Å². The highest BCUT2D eigenvalue weighted by Gasteiger charge is 2.06. The van der Waals surface area contributed by atoms with Crippen LogP contribution in [0.2, 0.25) is 5.02 Å². The number of carbonyl (C=O) groups is 1. The first kappa shape index (κ1) is 17.6. The molecule has 2 aromatic carbocycles. The van der Waals surface area contributed by atoms with Crippen LogP contribution in [0.25, 0.3) is 0 Å². The summed E-state index contributed by atoms with van der Waals surface area (Å²) in [5, 5.41) is 15.0. The van der Waals surface area contributed by atoms with E-state index in [0.29, 0.717) is 30.2 Å². The molecule has 0 fully saturated rings. The van der Waals surface area contributed by atoms with E-state index in [-0.39, 0.29) is 6.03 Å². The molecule has 0 unspecified atom stereocenters. The van der Waals surface area contributed by atoms with E-state index in [2.05, 4.69) is 10.6 Å². The van der Waals surface area contributed by atoms with Gasteiger partial charge in [0.2, 0.25) is 0 Å². The van der Waals surface area contributed by atoms with Crippen LogP contribution in [-0.4, -0.2) is 19.2 Å². The molecule has 0 radical (unpaired) electrons. The maximum Gasteiger partial charge on any atom is 0.319 e. The van der Waals surface area contributed by atoms with Crippen molar-refractivity contribution in [1.29, 1.82) is 5.26 Å². The SMILES string of the molecule is Cc1cc(OCCNC(=O)Nc2ccccc2C#N)cc(C)c1Cl. The number of hydrogen-bond acceptors (Lipinski definition) is 3. The number of amides is 2. The number of aryl methyl sites for hydroxylation is 2. The van der Waals surface area contributed by atoms with Gasteiger partial charge >= 0.3 is 6.03 Å². The highest BCUT2D eigenvalue weighted by molar-refractivity contribution is 6.32. The third kappa shape index (κ3) is 4.64. The first-order chi connectivity index (χ1) is 11.5. The number of nitrogens with one attached hydrogen (secondary N) is 2. The lowest BCUT2D eigenvalue weighted by molar-refractivity contribution is 0.247. The van der Waals surface area contributed by atoms with Crippen LogP contribution in [0.3, 0.4) is 0 Å². The van der Waals surface area contributed by atoms with Gasteiger partial charge in [0, 0.05) is 5.02 Å². The molecule has 0 saturated heterocycles. The van der Waals surface area contributed by atoms with E-state index in [0.717, 1.165) is 16.1 Å². The first-order valence-electron chi connectivity index (χ1n) is 7.45. The number of nitrogens with zero attached hydrogens (tertiary/aromatic N) is 1. The van der Waals surface area contributed by atoms with Gasteiger partial charge in [-0.2, -0.15) is 5.26 Å². The highest BCUT2D eigenvalue weighted by atomic mass is 35.5. The second-order valence-electron chi connectivity index (χ2n) is 5.26. The van der Waals surface area contributed by atoms with Crippen molar-refractivity contribution in [3.63, 3.8) is 0 Å². The Morgan fingerprint density at radius 3 is 2.58 bits per heavy atom. The van der Waals surface area contributed by atoms with Crippen LogP contribution in [0, 0.1) is 25.2 Å². The lowest BCUT2D eigenvalue weighted by atomic mass is 10.1. The minimum atomic E-state index is -0.384. The molecular weight excluding hydrogens is 326 g/mol. The normalized spacial score (nSPS) is 9.92. The van der Waals surface area contributed by atoms with E-state index in [9.17, 15) is 4.79 Å². The summed E-state index contributed by atoms with van der Waals surface area (Å²) in [5.74, 6) is 0.714. The summed E-state index contributed by atoms with van der Waals surface area (Å²) >= 11 is 6.11. The summed E-state index contributed by atoms with van der Waals surface area (Å²) in [7, 11) is 0. The molecule has 2 aromatic rings. The Morgan fingerprint density at radius 1 is 1.25 bits per heavy atom. The number of rotatable bonds is 5. The molecule has 2 rings (SSSR count). The Morgan fingerprint density at radius 2 is 1.92 bits per heavy atom. The maximum atomic E-state index is 11.8. The molecule has 0 aliphatic carbocycles. The standard InChI is InChI=1S/C18H18ClN3O2/c1-12-9-15(10-13(2)17(12)19)24-8-7-21-18(23)22-16-6-4-3-5-14(16)11-20/h3-6,9-10H,7-8H2,1-2H3,(H2,21,22,23). The Kier molecular flexibility index (Phi) is 6.05. The van der Waals surface area contributed by atoms with Crippen molar-refractivity contribution in [2.75, 3.05) is 18.5 Å². The topological polar surface area (TPSA) is 74.2 Å². The van der Waals surface area contributed by atoms with Crippen LogP contribution in [0.1, 0.15) is 16.7 Å². The van der Waals surface area contributed by atoms with Gasteiger partial charge in [-0.05, 0) is 49.2 Å². The maximum absolute atomic E-state index is 11.8. The first-order valence-corrected chi connectivity index (χ1v) is 7.82. The lowest BCUT2D eigenvalue weighted by Gasteiger charge is -2.11. The van der Waals surface area contributed by atoms with Gasteiger partial charge in [0.15, 0.2) is 0 Å². The van der Waals surface area contributed by atoms with Crippen LogP contribution < -0.4 is 15.4 Å². The fourth-order valence-electron chi connectivity index (χ4n) is 2.18. The summed E-state index contributed by atoms with van der Waals surface area (Å²) in [6.07, 6.45) is 0. The number of benzene rings is 2. The number of urea groups is 1. The molecule has 2 N–H and O–H groups in total. The minimum absolute atomic E-state index is 0.327. The second kappa shape index (κ2) is 8.23. The number of ether oxygens (including phenoxy) is 1. The average molecular weight is 344 g/mol. The molecule has 124 valence electrons. The highest BCUT2D eigenvalue weighted by Crippen LogP contribution is 2.25. The summed E-state index contributed by atoms with van der Waals surface area (Å²) in [5.41, 5.74) is 2.79. The number of para-hydroxylation sites is 1. The van der Waals surface area contributed by atoms with Crippen LogP contribution >= 0.6 is 11.6 Å². The number of halogens is 1. The van der Waals surface area contributed by atoms with Crippen molar-refractivity contribution in [3.05, 3.63) is 58.1 Å². The fourth-order valence-corrected chi connectivity index (χ4v) is 2.29. The van der Waals surface area contributed by atoms with E-state index < -0.39 is 0 Å². The van der Waals surface area contributed by atoms with Gasteiger partial charge in [0.05, 0.1) is 17.8 Å². The van der Waals surface area contributed by atoms with Crippen molar-refractivity contribution in [2.24, 2.45) is 0 Å². The zero-order valence-corrected chi connectivity index (χ0v) is 14.3. The molecule has 0 heterocycles. The summed E-state index contributed by atoms with van der Waals surface area (Å²) < 4.78 is 5.61. The van der Waals surface area contributed by atoms with E-state index in [4.69, 9.17) is 21.6 Å². The van der Waals surface area contributed by atoms with Crippen molar-refractivity contribution in [3.8, 4) is 11.8 Å². The van der Waals surface area contributed by atoms with E-state index in [1.54, 1.807) is 24.3 Å². The van der Waals surface area contributed by atoms with E-state index in [1.165, 1.54) is 0 Å². The zero-order chi connectivity index (χ0) is 17.5. The number of carbonyl (C=O) groups excluding carboxylic acids is 1. The summed E-state index contributed by atoms with van der Waals surface area (Å²) in [6, 6.07) is 12.2. The Bertz CT molecular complexity index is 761. The average Bonchev–Trinajstić information content (AvgIpc) is 2.57. The number of hydrogen-bond donors (Lipinski definition) is 2. The summed E-state index contributed by atoms with van der Waals surface area (Å²) in [6.45, 7) is 4.50. The number of nitriles is 1. The zero-order valence-electron chi connectivity index (χ0n) is 13.5. The van der Waals surface area contributed by atoms with Crippen LogP contribution in [0.4, 0.5) is 10.5 Å². The molecule has 0 aliphatic rings. The van der Waals surface area contributed by atoms with Crippen LogP contribution in [0.15, 0.2) is 36.4 Å². The van der Waals surface area contributed by atoms with E-state index >= 15 is 0 Å². The molecule has 5 nitrogen and oxygen atoms in total. The number of anilines is 1. The molecule has 0 atom stereocenters. The van der Waals surface area contributed by atoms with Crippen molar-refractivity contribution < 1.29 is 9.53 Å². The smallest absolute Gasteiger partial charge is 0.319 e. The minimum Gasteiger partial charge on any atom is -0.492 e. The molecule has 0 saturated carbocycles. The van der Waals surface area contributed by atoms with Gasteiger partial charge in [-0.15, -0.1) is 0 Å². The monoisotopic (exact) mass is 343 g/mol. The molecular formula is C18H18ClN3O2. The molecule has 0 aliphatic heterocycles. The molecule has 0 spiro atoms. The molecule has 24 heavy (non-hydrogen) atoms. The molecule has 6 heteroatoms. The van der Waals surface area contributed by atoms with Gasteiger partial charge in [0.1, 0.15) is 18.4 Å². The van der Waals surface area contributed by atoms with Crippen LogP contribution in [0.5, 0.6) is 5.75 Å². The second-order valence-corrected chi connectivity index (χ2v) is 5.64. The van der Waals surface area contributed by atoms with Crippen molar-refractivity contribution in [2.45, 2.75) is 13.8 Å². The quantitative estimate of drug-likeness (QED) is 0.805. The predicted molar refractivity (Wildman–Crippen MR) is 94.6 cm³/mol. The molecule has 0 aromatic heterocycles. The Balaban J connectivity index is 1.80. The van der Waals surface area contributed by atoms with Crippen molar-refractivity contribution >= 4 is 23.3 Å². The van der Waals surface area contributed by atoms with Crippen molar-refractivity contribution in [1.82, 2.24) is 5.32 Å². The van der Waals surface area contributed by atoms with E-state index in [1.807, 2.05) is 32.0 Å². The third-order valence-corrected chi connectivity index (χ3v) is 3.96. The van der Waals surface area contributed by atoms with Gasteiger partial charge < -0.3 is 15.4 Å². The fraction of sp³-hybridized carbons (Fsp3) is 0.222. The van der Waals surface area contributed by atoms with Gasteiger partial charge in [-0.3, -0.25) is 0 Å². The lowest BCUT2D eigenvalue weighted by Crippen LogP contribution is -2.32. The van der Waals surface area contributed by atoms with Gasteiger partial charge in [-0.1, -0.05) is 23.7 Å². The largest absolute Gasteiger partial charge is 0.492 e. The molecule has 0 bridgehead atoms.